The van der Waals surface area contributed by atoms with Gasteiger partial charge in [0.25, 0.3) is 5.91 Å². The lowest BCUT2D eigenvalue weighted by Crippen LogP contribution is -2.21. The normalized spacial score (nSPS) is 11.4. The van der Waals surface area contributed by atoms with Crippen molar-refractivity contribution in [2.24, 2.45) is 19.8 Å². The van der Waals surface area contributed by atoms with E-state index in [4.69, 9.17) is 10.5 Å². The number of nitrogens with two attached hydrogens (primary N) is 1. The number of hydrogen-bond acceptors (Lipinski definition) is 6. The van der Waals surface area contributed by atoms with E-state index in [1.807, 2.05) is 38.4 Å². The summed E-state index contributed by atoms with van der Waals surface area (Å²) in [6.45, 7) is 1.86. The second-order valence-corrected chi connectivity index (χ2v) is 7.82. The van der Waals surface area contributed by atoms with Gasteiger partial charge in [-0.1, -0.05) is 6.07 Å². The first-order chi connectivity index (χ1) is 15.8. The number of primary amides is 1. The van der Waals surface area contributed by atoms with E-state index >= 15 is 0 Å². The lowest BCUT2D eigenvalue weighted by Gasteiger charge is -2.09. The smallest absolute Gasteiger partial charge is 0.333 e. The predicted octanol–water partition coefficient (Wildman–Crippen LogP) is 2.09. The molecule has 4 aromatic heterocycles. The lowest BCUT2D eigenvalue weighted by atomic mass is 10.0. The van der Waals surface area contributed by atoms with Crippen LogP contribution in [0.1, 0.15) is 16.1 Å². The van der Waals surface area contributed by atoms with Gasteiger partial charge in [-0.2, -0.15) is 5.10 Å². The highest BCUT2D eigenvalue weighted by atomic mass is 16.5. The molecule has 5 aromatic rings. The average molecular weight is 443 g/mol. The van der Waals surface area contributed by atoms with Crippen LogP contribution in [0.2, 0.25) is 0 Å². The van der Waals surface area contributed by atoms with E-state index in [1.165, 1.54) is 7.11 Å². The van der Waals surface area contributed by atoms with Crippen molar-refractivity contribution in [2.45, 2.75) is 6.92 Å². The summed E-state index contributed by atoms with van der Waals surface area (Å²) in [4.78, 5) is 33.9. The van der Waals surface area contributed by atoms with E-state index in [1.54, 1.807) is 39.3 Å². The van der Waals surface area contributed by atoms with Crippen molar-refractivity contribution in [1.82, 2.24) is 28.9 Å². The number of benzene rings is 1. The molecule has 0 aliphatic rings. The number of aryl methyl sites for hydroxylation is 3. The van der Waals surface area contributed by atoms with Gasteiger partial charge in [0.15, 0.2) is 0 Å². The molecular weight excluding hydrogens is 422 g/mol. The fraction of sp³-hybridized carbons (Fsp3) is 0.174. The molecule has 166 valence electrons. The molecule has 1 amide bonds. The molecule has 33 heavy (non-hydrogen) atoms. The number of carbonyl (C=O) groups excluding carboxylic acids is 1. The standard InChI is InChI=1S/C23H21N7O3/c1-12-19(11-28(2)27-12)30-20-15-7-13(14-8-16(21(24)31)22(33-4)26-9-14)5-6-17(15)25-10-18(20)29(3)23(30)32/h5-11H,1-4H3,(H2,24,31). The first kappa shape index (κ1) is 20.4. The molecule has 0 bridgehead atoms. The molecule has 0 aliphatic heterocycles. The second kappa shape index (κ2) is 7.30. The highest BCUT2D eigenvalue weighted by molar-refractivity contribution is 6.05. The maximum Gasteiger partial charge on any atom is 0.333 e. The number of ether oxygens (including phenoxy) is 1. The number of carbonyl (C=O) groups is 1. The third-order valence-electron chi connectivity index (χ3n) is 5.76. The maximum absolute atomic E-state index is 13.2. The zero-order valence-corrected chi connectivity index (χ0v) is 18.5. The van der Waals surface area contributed by atoms with Gasteiger partial charge < -0.3 is 10.5 Å². The molecule has 0 unspecified atom stereocenters. The summed E-state index contributed by atoms with van der Waals surface area (Å²) in [5.41, 5.74) is 10.6. The summed E-state index contributed by atoms with van der Waals surface area (Å²) in [5.74, 6) is -0.463. The van der Waals surface area contributed by atoms with E-state index in [-0.39, 0.29) is 17.1 Å². The third kappa shape index (κ3) is 3.06. The second-order valence-electron chi connectivity index (χ2n) is 7.82. The number of methoxy groups -OCH3 is 1. The Bertz CT molecular complexity index is 1640. The molecule has 0 atom stereocenters. The SMILES string of the molecule is COc1ncc(-c2ccc3ncc4c(c3c2)n(-c2cn(C)nc2C)c(=O)n4C)cc1C(N)=O. The van der Waals surface area contributed by atoms with Crippen LogP contribution in [0.25, 0.3) is 38.8 Å². The molecule has 0 spiro atoms. The molecule has 2 N–H and O–H groups in total. The first-order valence-corrected chi connectivity index (χ1v) is 10.1. The van der Waals surface area contributed by atoms with Crippen LogP contribution in [0.4, 0.5) is 0 Å². The van der Waals surface area contributed by atoms with Crippen LogP contribution in [0.5, 0.6) is 5.88 Å². The Labute approximate surface area is 187 Å². The number of rotatable bonds is 4. The van der Waals surface area contributed by atoms with Crippen molar-refractivity contribution in [1.29, 1.82) is 0 Å². The minimum atomic E-state index is -0.630. The van der Waals surface area contributed by atoms with E-state index in [0.29, 0.717) is 16.8 Å². The summed E-state index contributed by atoms with van der Waals surface area (Å²) in [5, 5.41) is 5.18. The Balaban J connectivity index is 1.83. The van der Waals surface area contributed by atoms with E-state index < -0.39 is 5.91 Å². The van der Waals surface area contributed by atoms with E-state index in [9.17, 15) is 9.59 Å². The summed E-state index contributed by atoms with van der Waals surface area (Å²) >= 11 is 0. The van der Waals surface area contributed by atoms with Gasteiger partial charge in [-0.25, -0.2) is 9.78 Å². The van der Waals surface area contributed by atoms with Crippen LogP contribution in [-0.2, 0) is 14.1 Å². The van der Waals surface area contributed by atoms with Gasteiger partial charge in [-0.15, -0.1) is 0 Å². The number of aromatic nitrogens is 6. The third-order valence-corrected chi connectivity index (χ3v) is 5.76. The highest BCUT2D eigenvalue weighted by Crippen LogP contribution is 2.31. The summed E-state index contributed by atoms with van der Waals surface area (Å²) in [6, 6.07) is 7.33. The molecule has 1 aromatic carbocycles. The van der Waals surface area contributed by atoms with Crippen molar-refractivity contribution in [3.8, 4) is 22.7 Å². The van der Waals surface area contributed by atoms with Gasteiger partial charge in [-0.3, -0.25) is 23.6 Å². The molecule has 0 saturated heterocycles. The molecular formula is C23H21N7O3. The summed E-state index contributed by atoms with van der Waals surface area (Å²) in [7, 11) is 4.97. The van der Waals surface area contributed by atoms with Gasteiger partial charge in [-0.05, 0) is 30.7 Å². The van der Waals surface area contributed by atoms with Crippen LogP contribution in [0.15, 0.2) is 47.7 Å². The summed E-state index contributed by atoms with van der Waals surface area (Å²) < 4.78 is 10.1. The van der Waals surface area contributed by atoms with E-state index in [2.05, 4.69) is 15.1 Å². The van der Waals surface area contributed by atoms with Crippen LogP contribution in [0.3, 0.4) is 0 Å². The van der Waals surface area contributed by atoms with Crippen molar-refractivity contribution in [3.05, 3.63) is 64.6 Å². The number of pyridine rings is 2. The number of hydrogen-bond donors (Lipinski definition) is 1. The molecule has 0 aliphatic carbocycles. The van der Waals surface area contributed by atoms with Crippen LogP contribution in [-0.4, -0.2) is 41.9 Å². The average Bonchev–Trinajstić information content (AvgIpc) is 3.27. The minimum absolute atomic E-state index is 0.167. The number of amides is 1. The van der Waals surface area contributed by atoms with Gasteiger partial charge in [0.05, 0.1) is 41.2 Å². The highest BCUT2D eigenvalue weighted by Gasteiger charge is 2.20. The van der Waals surface area contributed by atoms with Gasteiger partial charge >= 0.3 is 5.69 Å². The topological polar surface area (TPSA) is 123 Å². The minimum Gasteiger partial charge on any atom is -0.480 e. The lowest BCUT2D eigenvalue weighted by molar-refractivity contribution is 0.0996. The Hall–Kier alpha value is -4.47. The maximum atomic E-state index is 13.2. The zero-order chi connectivity index (χ0) is 23.4. The quantitative estimate of drug-likeness (QED) is 0.454. The van der Waals surface area contributed by atoms with Gasteiger partial charge in [0, 0.05) is 37.4 Å². The number of imidazole rings is 1. The number of nitrogens with zero attached hydrogens (tertiary/aromatic N) is 6. The van der Waals surface area contributed by atoms with Crippen LogP contribution in [0, 0.1) is 6.92 Å². The molecule has 0 radical (unpaired) electrons. The van der Waals surface area contributed by atoms with Gasteiger partial charge in [0.2, 0.25) is 5.88 Å². The molecule has 5 rings (SSSR count). The van der Waals surface area contributed by atoms with Crippen LogP contribution >= 0.6 is 0 Å². The van der Waals surface area contributed by atoms with Crippen molar-refractivity contribution in [3.63, 3.8) is 0 Å². The molecule has 0 fully saturated rings. The largest absolute Gasteiger partial charge is 0.480 e. The Morgan fingerprint density at radius 1 is 1.09 bits per heavy atom. The monoisotopic (exact) mass is 443 g/mol. The van der Waals surface area contributed by atoms with Crippen LogP contribution < -0.4 is 16.2 Å². The van der Waals surface area contributed by atoms with Crippen molar-refractivity contribution < 1.29 is 9.53 Å². The molecule has 4 heterocycles. The fourth-order valence-electron chi connectivity index (χ4n) is 4.16. The Kier molecular flexibility index (Phi) is 4.52. The first-order valence-electron chi connectivity index (χ1n) is 10.1. The summed E-state index contributed by atoms with van der Waals surface area (Å²) in [6.07, 6.45) is 5.13. The van der Waals surface area contributed by atoms with Crippen molar-refractivity contribution in [2.75, 3.05) is 7.11 Å². The Morgan fingerprint density at radius 3 is 2.55 bits per heavy atom. The zero-order valence-electron chi connectivity index (χ0n) is 18.5. The van der Waals surface area contributed by atoms with E-state index in [0.717, 1.165) is 27.7 Å². The molecule has 0 saturated carbocycles. The van der Waals surface area contributed by atoms with Gasteiger partial charge in [0.1, 0.15) is 5.56 Å². The van der Waals surface area contributed by atoms with Crippen molar-refractivity contribution >= 4 is 27.8 Å². The fourth-order valence-corrected chi connectivity index (χ4v) is 4.16. The molecule has 10 heteroatoms. The molecule has 10 nitrogen and oxygen atoms in total. The number of fused-ring (bicyclic) bond motifs is 3. The Morgan fingerprint density at radius 2 is 1.88 bits per heavy atom. The predicted molar refractivity (Wildman–Crippen MR) is 124 cm³/mol.